The van der Waals surface area contributed by atoms with Crippen LogP contribution >= 0.6 is 15.9 Å². The number of hydrogen-bond donors (Lipinski definition) is 2. The zero-order valence-corrected chi connectivity index (χ0v) is 13.9. The first-order valence-electron chi connectivity index (χ1n) is 6.68. The Balaban J connectivity index is 1.90. The summed E-state index contributed by atoms with van der Waals surface area (Å²) in [6, 6.07) is 5.40. The fourth-order valence-electron chi connectivity index (χ4n) is 1.87. The average molecular weight is 383 g/mol. The number of nitrogens with one attached hydrogen (secondary N) is 1. The zero-order valence-electron chi connectivity index (χ0n) is 12.3. The molecule has 0 saturated carbocycles. The molecule has 1 amide bonds. The summed E-state index contributed by atoms with van der Waals surface area (Å²) in [6.45, 7) is -0.0856. The van der Waals surface area contributed by atoms with Gasteiger partial charge in [0.1, 0.15) is 18.0 Å². The number of carboxylic acids is 1. The summed E-state index contributed by atoms with van der Waals surface area (Å²) in [5.41, 5.74) is 1.29. The number of methoxy groups -OCH3 is 1. The number of halogens is 1. The number of carbonyl (C=O) groups excluding carboxylic acids is 1. The maximum atomic E-state index is 12.0. The molecule has 2 rings (SSSR count). The van der Waals surface area contributed by atoms with Crippen LogP contribution in [-0.2, 0) is 29.1 Å². The molecule has 9 heteroatoms. The molecule has 8 nitrogen and oxygen atoms in total. The highest BCUT2D eigenvalue weighted by atomic mass is 79.9. The average Bonchev–Trinajstić information content (AvgIpc) is 2.94. The zero-order chi connectivity index (χ0) is 16.8. The van der Waals surface area contributed by atoms with E-state index in [4.69, 9.17) is 9.84 Å². The molecule has 0 aliphatic carbocycles. The van der Waals surface area contributed by atoms with E-state index in [9.17, 15) is 9.59 Å². The lowest BCUT2D eigenvalue weighted by Gasteiger charge is -2.07. The van der Waals surface area contributed by atoms with Crippen molar-refractivity contribution < 1.29 is 19.4 Å². The van der Waals surface area contributed by atoms with Crippen molar-refractivity contribution in [1.29, 1.82) is 0 Å². The predicted octanol–water partition coefficient (Wildman–Crippen LogP) is 0.993. The van der Waals surface area contributed by atoms with E-state index in [-0.39, 0.29) is 25.4 Å². The van der Waals surface area contributed by atoms with Crippen LogP contribution in [0, 0.1) is 0 Å². The van der Waals surface area contributed by atoms with Crippen LogP contribution in [0.15, 0.2) is 28.9 Å². The number of aliphatic carboxylic acids is 1. The van der Waals surface area contributed by atoms with E-state index in [1.807, 2.05) is 6.07 Å². The van der Waals surface area contributed by atoms with Gasteiger partial charge in [0, 0.05) is 4.47 Å². The minimum atomic E-state index is -1.01. The summed E-state index contributed by atoms with van der Waals surface area (Å²) in [6.07, 6.45) is 1.66. The van der Waals surface area contributed by atoms with Gasteiger partial charge in [0.15, 0.2) is 0 Å². The Morgan fingerprint density at radius 1 is 1.43 bits per heavy atom. The Bertz CT molecular complexity index is 717. The quantitative estimate of drug-likeness (QED) is 0.739. The number of carbonyl (C=O) groups is 2. The van der Waals surface area contributed by atoms with Crippen LogP contribution in [0.25, 0.3) is 0 Å². The fraction of sp³-hybridized carbons (Fsp3) is 0.286. The van der Waals surface area contributed by atoms with Gasteiger partial charge in [-0.05, 0) is 23.8 Å². The summed E-state index contributed by atoms with van der Waals surface area (Å²) < 4.78 is 7.15. The number of hydrogen-bond acceptors (Lipinski definition) is 5. The monoisotopic (exact) mass is 382 g/mol. The third-order valence-corrected chi connectivity index (χ3v) is 3.73. The third-order valence-electron chi connectivity index (χ3n) is 2.95. The molecule has 0 unspecified atom stereocenters. The van der Waals surface area contributed by atoms with E-state index in [0.717, 1.165) is 10.0 Å². The third kappa shape index (κ3) is 5.06. The van der Waals surface area contributed by atoms with Gasteiger partial charge in [-0.25, -0.2) is 4.68 Å². The highest BCUT2D eigenvalue weighted by Crippen LogP contribution is 2.22. The summed E-state index contributed by atoms with van der Waals surface area (Å²) in [4.78, 5) is 22.6. The van der Waals surface area contributed by atoms with Crippen molar-refractivity contribution in [2.45, 2.75) is 19.5 Å². The Labute approximate surface area is 140 Å². The van der Waals surface area contributed by atoms with Gasteiger partial charge in [0.2, 0.25) is 5.91 Å². The van der Waals surface area contributed by atoms with E-state index in [1.54, 1.807) is 19.2 Å². The van der Waals surface area contributed by atoms with Crippen molar-refractivity contribution in [2.75, 3.05) is 7.11 Å². The van der Waals surface area contributed by atoms with Crippen molar-refractivity contribution in [1.82, 2.24) is 20.3 Å². The molecular formula is C14H15BrN4O4. The van der Waals surface area contributed by atoms with Crippen LogP contribution in [0.5, 0.6) is 5.75 Å². The maximum Gasteiger partial charge on any atom is 0.325 e. The molecule has 0 atom stereocenters. The summed E-state index contributed by atoms with van der Waals surface area (Å²) in [5, 5.41) is 18.8. The van der Waals surface area contributed by atoms with E-state index < -0.39 is 5.97 Å². The Hall–Kier alpha value is -2.42. The molecule has 23 heavy (non-hydrogen) atoms. The standard InChI is InChI=1S/C14H15BrN4O4/c1-23-11-2-3-12(15)9(4-11)5-13(20)16-6-10-7-19(18-17-10)8-14(21)22/h2-4,7H,5-6,8H2,1H3,(H,16,20)(H,21,22). The van der Waals surface area contributed by atoms with E-state index in [0.29, 0.717) is 11.4 Å². The van der Waals surface area contributed by atoms with Crippen molar-refractivity contribution in [3.8, 4) is 5.75 Å². The molecule has 1 aromatic carbocycles. The highest BCUT2D eigenvalue weighted by molar-refractivity contribution is 9.10. The molecule has 1 heterocycles. The molecule has 0 fully saturated rings. The van der Waals surface area contributed by atoms with Gasteiger partial charge >= 0.3 is 5.97 Å². The highest BCUT2D eigenvalue weighted by Gasteiger charge is 2.10. The minimum Gasteiger partial charge on any atom is -0.497 e. The first-order chi connectivity index (χ1) is 11.0. The molecule has 0 aliphatic heterocycles. The molecule has 1 aromatic heterocycles. The number of rotatable bonds is 7. The second-order valence-electron chi connectivity index (χ2n) is 4.71. The van der Waals surface area contributed by atoms with Crippen LogP contribution in [0.2, 0.25) is 0 Å². The van der Waals surface area contributed by atoms with Gasteiger partial charge in [-0.1, -0.05) is 21.1 Å². The second kappa shape index (κ2) is 7.73. The molecule has 2 N–H and O–H groups in total. The molecule has 0 radical (unpaired) electrons. The van der Waals surface area contributed by atoms with Crippen LogP contribution < -0.4 is 10.1 Å². The van der Waals surface area contributed by atoms with Crippen LogP contribution in [-0.4, -0.2) is 39.1 Å². The lowest BCUT2D eigenvalue weighted by Crippen LogP contribution is -2.24. The first-order valence-corrected chi connectivity index (χ1v) is 7.47. The number of ether oxygens (including phenoxy) is 1. The van der Waals surface area contributed by atoms with Crippen molar-refractivity contribution in [3.63, 3.8) is 0 Å². The number of amides is 1. The van der Waals surface area contributed by atoms with Crippen molar-refractivity contribution in [3.05, 3.63) is 40.1 Å². The van der Waals surface area contributed by atoms with Gasteiger partial charge in [-0.2, -0.15) is 0 Å². The number of nitrogens with zero attached hydrogens (tertiary/aromatic N) is 3. The SMILES string of the molecule is COc1ccc(Br)c(CC(=O)NCc2cn(CC(=O)O)nn2)c1. The van der Waals surface area contributed by atoms with Crippen molar-refractivity contribution >= 4 is 27.8 Å². The Morgan fingerprint density at radius 3 is 2.91 bits per heavy atom. The normalized spacial score (nSPS) is 10.3. The molecule has 0 saturated heterocycles. The first kappa shape index (κ1) is 16.9. The lowest BCUT2D eigenvalue weighted by atomic mass is 10.1. The van der Waals surface area contributed by atoms with Gasteiger partial charge in [0.05, 0.1) is 26.3 Å². The largest absolute Gasteiger partial charge is 0.497 e. The topological polar surface area (TPSA) is 106 Å². The summed E-state index contributed by atoms with van der Waals surface area (Å²) >= 11 is 3.39. The van der Waals surface area contributed by atoms with Crippen molar-refractivity contribution in [2.24, 2.45) is 0 Å². The van der Waals surface area contributed by atoms with Crippen LogP contribution in [0.4, 0.5) is 0 Å². The summed E-state index contributed by atoms with van der Waals surface area (Å²) in [7, 11) is 1.56. The van der Waals surface area contributed by atoms with Gasteiger partial charge in [-0.3, -0.25) is 9.59 Å². The van der Waals surface area contributed by atoms with Gasteiger partial charge in [0.25, 0.3) is 0 Å². The molecular weight excluding hydrogens is 368 g/mol. The Kier molecular flexibility index (Phi) is 5.69. The number of benzene rings is 1. The maximum absolute atomic E-state index is 12.0. The summed E-state index contributed by atoms with van der Waals surface area (Å²) in [5.74, 6) is -0.521. The fourth-order valence-corrected chi connectivity index (χ4v) is 2.26. The van der Waals surface area contributed by atoms with E-state index in [1.165, 1.54) is 10.9 Å². The smallest absolute Gasteiger partial charge is 0.325 e. The Morgan fingerprint density at radius 2 is 2.22 bits per heavy atom. The number of carboxylic acid groups (broad SMARTS) is 1. The molecule has 122 valence electrons. The van der Waals surface area contributed by atoms with Crippen LogP contribution in [0.3, 0.4) is 0 Å². The van der Waals surface area contributed by atoms with Gasteiger partial charge < -0.3 is 15.2 Å². The molecule has 2 aromatic rings. The minimum absolute atomic E-state index is 0.181. The van der Waals surface area contributed by atoms with E-state index in [2.05, 4.69) is 31.6 Å². The van der Waals surface area contributed by atoms with Gasteiger partial charge in [-0.15, -0.1) is 5.10 Å². The lowest BCUT2D eigenvalue weighted by molar-refractivity contribution is -0.138. The molecule has 0 spiro atoms. The second-order valence-corrected chi connectivity index (χ2v) is 5.57. The predicted molar refractivity (Wildman–Crippen MR) is 83.9 cm³/mol. The van der Waals surface area contributed by atoms with Crippen LogP contribution in [0.1, 0.15) is 11.3 Å². The number of aromatic nitrogens is 3. The molecule has 0 aliphatic rings. The van der Waals surface area contributed by atoms with E-state index >= 15 is 0 Å². The molecule has 0 bridgehead atoms.